The van der Waals surface area contributed by atoms with Crippen LogP contribution >= 0.6 is 0 Å². The van der Waals surface area contributed by atoms with Gasteiger partial charge in [-0.05, 0) is 12.8 Å². The minimum absolute atomic E-state index is 0.0504. The highest BCUT2D eigenvalue weighted by Crippen LogP contribution is 1.99. The Bertz CT molecular complexity index is 173. The van der Waals surface area contributed by atoms with Gasteiger partial charge in [-0.25, -0.2) is 0 Å². The molecule has 0 heterocycles. The lowest BCUT2D eigenvalue weighted by Crippen LogP contribution is -2.29. The van der Waals surface area contributed by atoms with Crippen molar-refractivity contribution >= 4 is 5.91 Å². The summed E-state index contributed by atoms with van der Waals surface area (Å²) < 4.78 is 0. The van der Waals surface area contributed by atoms with E-state index < -0.39 is 0 Å². The fraction of sp³-hybridized carbons (Fsp3) is 0.667. The van der Waals surface area contributed by atoms with Crippen LogP contribution in [0.25, 0.3) is 0 Å². The topological polar surface area (TPSA) is 41.1 Å². The zero-order valence-corrected chi connectivity index (χ0v) is 8.27. The number of carbonyl (C=O) groups excluding carboxylic acids is 1. The number of carbonyl (C=O) groups is 1. The number of rotatable bonds is 4. The van der Waals surface area contributed by atoms with Crippen LogP contribution in [0, 0.1) is 5.92 Å². The van der Waals surface area contributed by atoms with Crippen LogP contribution in [-0.2, 0) is 4.79 Å². The minimum atomic E-state index is -0.0504. The summed E-state index contributed by atoms with van der Waals surface area (Å²) in [6, 6.07) is 0. The molecule has 3 nitrogen and oxygen atoms in total. The van der Waals surface area contributed by atoms with E-state index in [4.69, 9.17) is 0 Å². The van der Waals surface area contributed by atoms with Gasteiger partial charge in [0.25, 0.3) is 5.91 Å². The largest absolute Gasteiger partial charge is 0.381 e. The van der Waals surface area contributed by atoms with Gasteiger partial charge in [-0.15, -0.1) is 0 Å². The quantitative estimate of drug-likeness (QED) is 0.615. The van der Waals surface area contributed by atoms with Gasteiger partial charge in [-0.3, -0.25) is 4.79 Å². The van der Waals surface area contributed by atoms with Crippen molar-refractivity contribution < 1.29 is 4.79 Å². The third-order valence-electron chi connectivity index (χ3n) is 1.34. The molecule has 70 valence electrons. The summed E-state index contributed by atoms with van der Waals surface area (Å²) >= 11 is 0. The zero-order chi connectivity index (χ0) is 9.56. The lowest BCUT2D eigenvalue weighted by atomic mass is 10.2. The summed E-state index contributed by atoms with van der Waals surface area (Å²) in [4.78, 5) is 11.2. The SMILES string of the molecule is CCNC(=CC(C)C)C(=O)NC. The number of amides is 1. The van der Waals surface area contributed by atoms with Gasteiger partial charge in [0, 0.05) is 13.6 Å². The summed E-state index contributed by atoms with van der Waals surface area (Å²) in [5, 5.41) is 5.60. The molecule has 0 aliphatic rings. The molecule has 0 rings (SSSR count). The number of hydrogen-bond acceptors (Lipinski definition) is 2. The summed E-state index contributed by atoms with van der Waals surface area (Å²) in [5.41, 5.74) is 0.662. The molecule has 0 aliphatic carbocycles. The molecule has 0 radical (unpaired) electrons. The van der Waals surface area contributed by atoms with Crippen LogP contribution in [0.3, 0.4) is 0 Å². The molecule has 0 aliphatic heterocycles. The second-order valence-electron chi connectivity index (χ2n) is 2.93. The van der Waals surface area contributed by atoms with Gasteiger partial charge in [-0.2, -0.15) is 0 Å². The fourth-order valence-corrected chi connectivity index (χ4v) is 0.873. The van der Waals surface area contributed by atoms with Gasteiger partial charge in [-0.1, -0.05) is 19.9 Å². The van der Waals surface area contributed by atoms with Crippen LogP contribution < -0.4 is 10.6 Å². The first-order valence-electron chi connectivity index (χ1n) is 4.29. The third kappa shape index (κ3) is 4.01. The number of likely N-dealkylation sites (N-methyl/N-ethyl adjacent to an activating group) is 2. The van der Waals surface area contributed by atoms with Crippen molar-refractivity contribution in [3.8, 4) is 0 Å². The molecule has 0 aromatic carbocycles. The Balaban J connectivity index is 4.31. The van der Waals surface area contributed by atoms with Crippen molar-refractivity contribution in [3.63, 3.8) is 0 Å². The van der Waals surface area contributed by atoms with E-state index in [-0.39, 0.29) is 5.91 Å². The van der Waals surface area contributed by atoms with E-state index in [0.29, 0.717) is 11.6 Å². The van der Waals surface area contributed by atoms with E-state index in [1.165, 1.54) is 0 Å². The first-order chi connectivity index (χ1) is 5.61. The molecule has 12 heavy (non-hydrogen) atoms. The van der Waals surface area contributed by atoms with E-state index in [1.807, 2.05) is 26.8 Å². The normalized spacial score (nSPS) is 11.6. The molecular formula is C9H18N2O. The molecule has 0 fully saturated rings. The van der Waals surface area contributed by atoms with E-state index in [9.17, 15) is 4.79 Å². The highest BCUT2D eigenvalue weighted by Gasteiger charge is 2.05. The zero-order valence-electron chi connectivity index (χ0n) is 8.27. The third-order valence-corrected chi connectivity index (χ3v) is 1.34. The van der Waals surface area contributed by atoms with Gasteiger partial charge in [0.05, 0.1) is 5.70 Å². The Hall–Kier alpha value is -0.990. The predicted molar refractivity (Wildman–Crippen MR) is 50.7 cm³/mol. The monoisotopic (exact) mass is 170 g/mol. The van der Waals surface area contributed by atoms with Crippen molar-refractivity contribution in [1.82, 2.24) is 10.6 Å². The van der Waals surface area contributed by atoms with Crippen molar-refractivity contribution in [3.05, 3.63) is 11.8 Å². The van der Waals surface area contributed by atoms with Crippen LogP contribution in [-0.4, -0.2) is 19.5 Å². The summed E-state index contributed by atoms with van der Waals surface area (Å²) in [6.07, 6.45) is 1.92. The number of nitrogens with one attached hydrogen (secondary N) is 2. The summed E-state index contributed by atoms with van der Waals surface area (Å²) in [5.74, 6) is 0.335. The van der Waals surface area contributed by atoms with Crippen LogP contribution in [0.4, 0.5) is 0 Å². The van der Waals surface area contributed by atoms with Gasteiger partial charge in [0.2, 0.25) is 0 Å². The Morgan fingerprint density at radius 1 is 1.50 bits per heavy atom. The molecule has 0 spiro atoms. The standard InChI is InChI=1S/C9H18N2O/c1-5-11-8(6-7(2)3)9(12)10-4/h6-7,11H,5H2,1-4H3,(H,10,12). The Labute approximate surface area is 74.2 Å². The maximum Gasteiger partial charge on any atom is 0.266 e. The molecule has 0 saturated carbocycles. The Morgan fingerprint density at radius 3 is 2.42 bits per heavy atom. The average molecular weight is 170 g/mol. The van der Waals surface area contributed by atoms with Gasteiger partial charge in [0.1, 0.15) is 0 Å². The first kappa shape index (κ1) is 11.0. The maximum atomic E-state index is 11.2. The molecule has 0 atom stereocenters. The van der Waals surface area contributed by atoms with Crippen LogP contribution in [0.2, 0.25) is 0 Å². The number of hydrogen-bond donors (Lipinski definition) is 2. The summed E-state index contributed by atoms with van der Waals surface area (Å²) in [6.45, 7) is 6.82. The molecule has 0 aromatic heterocycles. The van der Waals surface area contributed by atoms with E-state index >= 15 is 0 Å². The fourth-order valence-electron chi connectivity index (χ4n) is 0.873. The highest BCUT2D eigenvalue weighted by atomic mass is 16.1. The van der Waals surface area contributed by atoms with Crippen LogP contribution in [0.15, 0.2) is 11.8 Å². The second kappa shape index (κ2) is 5.63. The van der Waals surface area contributed by atoms with E-state index in [0.717, 1.165) is 6.54 Å². The predicted octanol–water partition coefficient (Wildman–Crippen LogP) is 0.882. The molecule has 1 amide bonds. The van der Waals surface area contributed by atoms with Crippen molar-refractivity contribution in [2.45, 2.75) is 20.8 Å². The van der Waals surface area contributed by atoms with Crippen LogP contribution in [0.1, 0.15) is 20.8 Å². The van der Waals surface area contributed by atoms with Gasteiger partial charge in [0.15, 0.2) is 0 Å². The summed E-state index contributed by atoms with van der Waals surface area (Å²) in [7, 11) is 1.63. The second-order valence-corrected chi connectivity index (χ2v) is 2.93. The van der Waals surface area contributed by atoms with E-state index in [1.54, 1.807) is 7.05 Å². The lowest BCUT2D eigenvalue weighted by molar-refractivity contribution is -0.117. The maximum absolute atomic E-state index is 11.2. The molecule has 0 saturated heterocycles. The average Bonchev–Trinajstić information content (AvgIpc) is 2.01. The molecule has 0 aromatic rings. The Kier molecular flexibility index (Phi) is 5.17. The highest BCUT2D eigenvalue weighted by molar-refractivity contribution is 5.92. The minimum Gasteiger partial charge on any atom is -0.381 e. The van der Waals surface area contributed by atoms with Crippen molar-refractivity contribution in [2.75, 3.05) is 13.6 Å². The van der Waals surface area contributed by atoms with Gasteiger partial charge >= 0.3 is 0 Å². The van der Waals surface area contributed by atoms with E-state index in [2.05, 4.69) is 10.6 Å². The molecular weight excluding hydrogens is 152 g/mol. The van der Waals surface area contributed by atoms with Crippen molar-refractivity contribution in [1.29, 1.82) is 0 Å². The molecule has 0 unspecified atom stereocenters. The lowest BCUT2D eigenvalue weighted by Gasteiger charge is -2.08. The van der Waals surface area contributed by atoms with Crippen molar-refractivity contribution in [2.24, 2.45) is 5.92 Å². The Morgan fingerprint density at radius 2 is 2.08 bits per heavy atom. The molecule has 3 heteroatoms. The molecule has 2 N–H and O–H groups in total. The van der Waals surface area contributed by atoms with Crippen LogP contribution in [0.5, 0.6) is 0 Å². The first-order valence-corrected chi connectivity index (χ1v) is 4.29. The van der Waals surface area contributed by atoms with Gasteiger partial charge < -0.3 is 10.6 Å². The number of allylic oxidation sites excluding steroid dienone is 1. The molecule has 0 bridgehead atoms. The smallest absolute Gasteiger partial charge is 0.266 e.